The lowest BCUT2D eigenvalue weighted by Gasteiger charge is -2.38. The largest absolute Gasteiger partial charge is 0.491 e. The Labute approximate surface area is 555 Å². The highest BCUT2D eigenvalue weighted by atomic mass is 35.5. The number of halogens is 4. The summed E-state index contributed by atoms with van der Waals surface area (Å²) < 4.78 is 68.7. The highest BCUT2D eigenvalue weighted by Crippen LogP contribution is 2.39. The minimum atomic E-state index is -2.06. The predicted octanol–water partition coefficient (Wildman–Crippen LogP) is 15.4. The van der Waals surface area contributed by atoms with Gasteiger partial charge in [0.05, 0.1) is 27.9 Å². The van der Waals surface area contributed by atoms with Crippen molar-refractivity contribution >= 4 is 90.6 Å². The molecule has 21 heteroatoms. The molecule has 3 heterocycles. The van der Waals surface area contributed by atoms with Crippen LogP contribution in [0.3, 0.4) is 0 Å². The molecule has 0 aliphatic heterocycles. The van der Waals surface area contributed by atoms with Gasteiger partial charge in [-0.25, -0.2) is 28.1 Å². The molecule has 0 radical (unpaired) electrons. The maximum Gasteiger partial charge on any atom is 0.488 e. The van der Waals surface area contributed by atoms with Crippen molar-refractivity contribution in [1.82, 2.24) is 15.0 Å². The first-order chi connectivity index (χ1) is 43.8. The highest BCUT2D eigenvalue weighted by Gasteiger charge is 2.40. The van der Waals surface area contributed by atoms with Crippen LogP contribution in [-0.4, -0.2) is 154 Å². The summed E-state index contributed by atoms with van der Waals surface area (Å²) >= 11 is 5.92. The molecular formula is C72H93BClF3N6O8Si2. The van der Waals surface area contributed by atoms with E-state index >= 15 is 0 Å². The van der Waals surface area contributed by atoms with E-state index in [-0.39, 0.29) is 29.9 Å². The quantitative estimate of drug-likeness (QED) is 0.0435. The number of rotatable bonds is 22. The Morgan fingerprint density at radius 1 is 0.452 bits per heavy atom. The lowest BCUT2D eigenvalue weighted by Crippen LogP contribution is -2.46. The molecule has 3 aromatic heterocycles. The number of hydrogen-bond donors (Lipinski definition) is 3. The first kappa shape index (κ1) is 74.8. The number of benzene rings is 6. The van der Waals surface area contributed by atoms with E-state index in [2.05, 4.69) is 120 Å². The maximum atomic E-state index is 13.7. The van der Waals surface area contributed by atoms with Crippen molar-refractivity contribution in [3.63, 3.8) is 0 Å². The van der Waals surface area contributed by atoms with Gasteiger partial charge >= 0.3 is 7.12 Å². The van der Waals surface area contributed by atoms with Crippen LogP contribution in [-0.2, 0) is 8.85 Å². The lowest BCUT2D eigenvalue weighted by molar-refractivity contribution is 0.0842. The average molecular weight is 1330 g/mol. The Morgan fingerprint density at radius 2 is 0.774 bits per heavy atom. The molecule has 0 amide bonds. The summed E-state index contributed by atoms with van der Waals surface area (Å²) in [7, 11) is 6.46. The van der Waals surface area contributed by atoms with Crippen molar-refractivity contribution < 1.29 is 51.4 Å². The number of fused-ring (bicyclic) bond motifs is 3. The van der Waals surface area contributed by atoms with Crippen molar-refractivity contribution in [1.29, 1.82) is 0 Å². The summed E-state index contributed by atoms with van der Waals surface area (Å²) in [5, 5.41) is 30.3. The second kappa shape index (κ2) is 33.7. The highest BCUT2D eigenvalue weighted by molar-refractivity contribution is 6.74. The second-order valence-corrected chi connectivity index (χ2v) is 36.3. The molecule has 6 aromatic carbocycles. The third kappa shape index (κ3) is 22.2. The summed E-state index contributed by atoms with van der Waals surface area (Å²) in [6.45, 7) is 19.6. The van der Waals surface area contributed by atoms with Crippen LogP contribution < -0.4 is 34.4 Å². The molecule has 0 saturated heterocycles. The molecule has 0 aliphatic rings. The van der Waals surface area contributed by atoms with E-state index in [0.29, 0.717) is 27.9 Å². The molecule has 3 atom stereocenters. The number of nitrogens with zero attached hydrogens (tertiary/aromatic N) is 6. The van der Waals surface area contributed by atoms with E-state index in [4.69, 9.17) is 54.7 Å². The summed E-state index contributed by atoms with van der Waals surface area (Å²) in [6, 6.07) is 52.2. The van der Waals surface area contributed by atoms with Gasteiger partial charge in [-0.05, 0) is 139 Å². The van der Waals surface area contributed by atoms with Crippen LogP contribution >= 0.6 is 11.6 Å². The molecule has 93 heavy (non-hydrogen) atoms. The van der Waals surface area contributed by atoms with Gasteiger partial charge in [-0.15, -0.1) is 0 Å². The fourth-order valence-corrected chi connectivity index (χ4v) is 11.5. The molecule has 0 saturated carbocycles. The Balaban J connectivity index is 0.000000205. The van der Waals surface area contributed by atoms with Crippen LogP contribution in [0.4, 0.5) is 30.2 Å². The van der Waals surface area contributed by atoms with E-state index < -0.39 is 62.1 Å². The second-order valence-electron chi connectivity index (χ2n) is 26.4. The number of alkyl halides is 3. The molecule has 0 fully saturated rings. The number of ether oxygens (including phenoxy) is 3. The van der Waals surface area contributed by atoms with E-state index in [1.54, 1.807) is 30.3 Å². The summed E-state index contributed by atoms with van der Waals surface area (Å²) in [5.41, 5.74) is 10.1. The van der Waals surface area contributed by atoms with Gasteiger partial charge < -0.3 is 52.9 Å². The Morgan fingerprint density at radius 3 is 1.10 bits per heavy atom. The van der Waals surface area contributed by atoms with Crippen LogP contribution in [0.25, 0.3) is 55.2 Å². The minimum Gasteiger partial charge on any atom is -0.491 e. The van der Waals surface area contributed by atoms with Crippen molar-refractivity contribution in [2.24, 2.45) is 0 Å². The van der Waals surface area contributed by atoms with Gasteiger partial charge in [-0.3, -0.25) is 0 Å². The Bertz CT molecular complexity index is 3760. The molecule has 498 valence electrons. The van der Waals surface area contributed by atoms with Gasteiger partial charge in [0.25, 0.3) is 0 Å². The lowest BCUT2D eigenvalue weighted by atomic mass is 9.80. The van der Waals surface area contributed by atoms with Gasteiger partial charge in [0.1, 0.15) is 80.6 Å². The minimum absolute atomic E-state index is 0.0223. The van der Waals surface area contributed by atoms with Gasteiger partial charge in [0.2, 0.25) is 0 Å². The molecule has 3 unspecified atom stereocenters. The number of aliphatic hydroxyl groups is 1. The number of anilines is 3. The molecule has 9 aromatic rings. The average Bonchev–Trinajstić information content (AvgIpc) is 0.966. The van der Waals surface area contributed by atoms with E-state index in [0.717, 1.165) is 72.3 Å². The zero-order valence-electron chi connectivity index (χ0n) is 56.7. The normalized spacial score (nSPS) is 12.7. The zero-order chi connectivity index (χ0) is 68.4. The number of hydrogen-bond acceptors (Lipinski definition) is 14. The molecule has 14 nitrogen and oxygen atoms in total. The molecule has 3 N–H and O–H groups in total. The van der Waals surface area contributed by atoms with E-state index in [1.807, 2.05) is 143 Å². The third-order valence-electron chi connectivity index (χ3n) is 16.4. The molecule has 0 spiro atoms. The number of aliphatic hydroxyl groups excluding tert-OH is 1. The van der Waals surface area contributed by atoms with Crippen LogP contribution in [0.5, 0.6) is 17.2 Å². The number of pyridine rings is 3. The third-order valence-corrected chi connectivity index (χ3v) is 25.7. The predicted molar refractivity (Wildman–Crippen MR) is 385 cm³/mol. The molecular weight excluding hydrogens is 1240 g/mol. The van der Waals surface area contributed by atoms with Gasteiger partial charge in [0.15, 0.2) is 16.6 Å². The zero-order valence-corrected chi connectivity index (χ0v) is 59.5. The van der Waals surface area contributed by atoms with E-state index in [1.165, 1.54) is 0 Å². The van der Waals surface area contributed by atoms with E-state index in [9.17, 15) is 18.3 Å². The SMILES string of the molecule is CC(C)(C)[Si](C)(C)OC(CF)COc1ccc2ccc(Cl)nc2c1.CN(C)c1ccc(-c2ccc3ccc(OCC(CF)O[Si](C)(C)C(C)(C)C)cc3n2)cc1.CN(C)c1ccc(-c2ccc3ccc(OCC(O)CF)cc3n2)cc1.CN(C)c1ccc(B(O)O)cc1. The van der Waals surface area contributed by atoms with Gasteiger partial charge in [-0.1, -0.05) is 102 Å². The first-order valence-corrected chi connectivity index (χ1v) is 37.2. The van der Waals surface area contributed by atoms with Crippen molar-refractivity contribution in [2.75, 3.05) is 96.8 Å². The molecule has 0 aliphatic carbocycles. The van der Waals surface area contributed by atoms with Crippen LogP contribution in [0.1, 0.15) is 41.5 Å². The standard InChI is InChI=1S/C26H35FN2O2Si.C20H21FN2O2.C18H25ClFNO2Si.C8H12BNO2/c1-26(2,3)32(6,7)31-23(17-27)18-30-22-14-10-20-11-15-24(28-25(20)16-22)19-8-12-21(13-9-19)29(4)5;1-23(2)16-7-3-14(4-8-16)19-10-6-15-5-9-18(11-20(15)22-19)25-13-17(24)12-21;1-18(2,3)24(4,5)23-15(11-20)12-22-14-8-6-13-7-9-17(19)21-16(13)10-14;1-10(2)8-5-3-7(4-6-8)9(11)12/h8-16,23H,17-18H2,1-7H3;3-11,17,24H,12-13H2,1-2H3;6-10,15H,11-12H2,1-5H3;3-6,11-12H,1-2H3. The first-order valence-electron chi connectivity index (χ1n) is 31.0. The van der Waals surface area contributed by atoms with Gasteiger partial charge in [-0.2, -0.15) is 0 Å². The van der Waals surface area contributed by atoms with Gasteiger partial charge in [0, 0.05) is 105 Å². The fourth-order valence-electron chi connectivity index (χ4n) is 8.68. The molecule has 0 bridgehead atoms. The molecule has 9 rings (SSSR count). The fraction of sp³-hybridized carbons (Fsp3) is 0.375. The topological polar surface area (TPSA) is 155 Å². The van der Waals surface area contributed by atoms with Crippen LogP contribution in [0.2, 0.25) is 41.4 Å². The number of aromatic nitrogens is 3. The monoisotopic (exact) mass is 1330 g/mol. The maximum absolute atomic E-state index is 13.7. The Hall–Kier alpha value is -7.27. The van der Waals surface area contributed by atoms with Crippen molar-refractivity contribution in [3.8, 4) is 39.8 Å². The van der Waals surface area contributed by atoms with Crippen LogP contribution in [0.15, 0.2) is 164 Å². The van der Waals surface area contributed by atoms with Crippen LogP contribution in [0, 0.1) is 0 Å². The van der Waals surface area contributed by atoms with Crippen molar-refractivity contribution in [2.45, 2.75) is 96.1 Å². The van der Waals surface area contributed by atoms with Crippen molar-refractivity contribution in [3.05, 3.63) is 169 Å². The Kier molecular flexibility index (Phi) is 27.1. The summed E-state index contributed by atoms with van der Waals surface area (Å²) in [6.07, 6.45) is -2.24. The smallest absolute Gasteiger partial charge is 0.488 e. The summed E-state index contributed by atoms with van der Waals surface area (Å²) in [5.74, 6) is 1.87. The summed E-state index contributed by atoms with van der Waals surface area (Å²) in [4.78, 5) is 19.9.